The molecule has 2 aliphatic rings. The monoisotopic (exact) mass is 225 g/mol. The normalized spacial score (nSPS) is 32.6. The first-order valence-electron chi connectivity index (χ1n) is 7.03. The Morgan fingerprint density at radius 1 is 1.19 bits per heavy atom. The lowest BCUT2D eigenvalue weighted by Crippen LogP contribution is -2.35. The quantitative estimate of drug-likeness (QED) is 0.750. The zero-order chi connectivity index (χ0) is 11.4. The number of ether oxygens (including phenoxy) is 1. The van der Waals surface area contributed by atoms with Crippen LogP contribution in [-0.4, -0.2) is 26.3 Å². The van der Waals surface area contributed by atoms with Gasteiger partial charge in [-0.15, -0.1) is 0 Å². The van der Waals surface area contributed by atoms with Crippen LogP contribution in [-0.2, 0) is 4.74 Å². The van der Waals surface area contributed by atoms with Gasteiger partial charge in [-0.1, -0.05) is 19.8 Å². The third kappa shape index (κ3) is 3.46. The van der Waals surface area contributed by atoms with Crippen LogP contribution >= 0.6 is 0 Å². The van der Waals surface area contributed by atoms with Crippen LogP contribution in [0.5, 0.6) is 0 Å². The summed E-state index contributed by atoms with van der Waals surface area (Å²) < 4.78 is 5.32. The second-order valence-electron chi connectivity index (χ2n) is 5.82. The first kappa shape index (κ1) is 12.4. The Balaban J connectivity index is 1.79. The Hall–Kier alpha value is -0.0800. The third-order valence-electron chi connectivity index (χ3n) is 4.37. The largest absolute Gasteiger partial charge is 0.384 e. The van der Waals surface area contributed by atoms with Crippen molar-refractivity contribution in [2.75, 3.05) is 20.3 Å². The SMILES string of the molecule is COCC(C)C1CCCCC1CNC1CC1. The fraction of sp³-hybridized carbons (Fsp3) is 1.00. The van der Waals surface area contributed by atoms with Crippen LogP contribution in [0, 0.1) is 17.8 Å². The summed E-state index contributed by atoms with van der Waals surface area (Å²) in [6, 6.07) is 0.861. The average molecular weight is 225 g/mol. The molecule has 0 aromatic rings. The molecule has 3 unspecified atom stereocenters. The molecule has 0 amide bonds. The second-order valence-corrected chi connectivity index (χ2v) is 5.82. The fourth-order valence-electron chi connectivity index (χ4n) is 3.23. The second kappa shape index (κ2) is 6.02. The van der Waals surface area contributed by atoms with Crippen LogP contribution in [0.1, 0.15) is 45.4 Å². The first-order chi connectivity index (χ1) is 7.81. The summed E-state index contributed by atoms with van der Waals surface area (Å²) in [5, 5.41) is 3.71. The number of hydrogen-bond donors (Lipinski definition) is 1. The van der Waals surface area contributed by atoms with Gasteiger partial charge in [-0.25, -0.2) is 0 Å². The standard InChI is InChI=1S/C14H27NO/c1-11(10-16-2)14-6-4-3-5-12(14)9-15-13-7-8-13/h11-15H,3-10H2,1-2H3. The summed E-state index contributed by atoms with van der Waals surface area (Å²) >= 11 is 0. The molecule has 0 spiro atoms. The Bertz CT molecular complexity index is 203. The molecule has 0 heterocycles. The number of hydrogen-bond acceptors (Lipinski definition) is 2. The van der Waals surface area contributed by atoms with Gasteiger partial charge in [0, 0.05) is 19.8 Å². The van der Waals surface area contributed by atoms with E-state index in [1.807, 2.05) is 7.11 Å². The Kier molecular flexibility index (Phi) is 4.66. The lowest BCUT2D eigenvalue weighted by molar-refractivity contribution is 0.0834. The molecule has 0 aliphatic heterocycles. The topological polar surface area (TPSA) is 21.3 Å². The average Bonchev–Trinajstić information content (AvgIpc) is 3.11. The molecular weight excluding hydrogens is 198 g/mol. The molecule has 2 aliphatic carbocycles. The molecule has 94 valence electrons. The highest BCUT2D eigenvalue weighted by Crippen LogP contribution is 2.35. The molecule has 2 fully saturated rings. The molecule has 0 bridgehead atoms. The van der Waals surface area contributed by atoms with Gasteiger partial charge in [-0.3, -0.25) is 0 Å². The van der Waals surface area contributed by atoms with E-state index in [2.05, 4.69) is 12.2 Å². The lowest BCUT2D eigenvalue weighted by Gasteiger charge is -2.35. The molecule has 2 nitrogen and oxygen atoms in total. The lowest BCUT2D eigenvalue weighted by atomic mass is 9.73. The summed E-state index contributed by atoms with van der Waals surface area (Å²) in [7, 11) is 1.83. The van der Waals surface area contributed by atoms with E-state index in [1.165, 1.54) is 45.1 Å². The van der Waals surface area contributed by atoms with Crippen LogP contribution in [0.2, 0.25) is 0 Å². The van der Waals surface area contributed by atoms with E-state index >= 15 is 0 Å². The van der Waals surface area contributed by atoms with Gasteiger partial charge in [0.25, 0.3) is 0 Å². The van der Waals surface area contributed by atoms with Crippen molar-refractivity contribution >= 4 is 0 Å². The van der Waals surface area contributed by atoms with Crippen molar-refractivity contribution in [3.05, 3.63) is 0 Å². The minimum Gasteiger partial charge on any atom is -0.384 e. The minimum atomic E-state index is 0.733. The van der Waals surface area contributed by atoms with Crippen LogP contribution < -0.4 is 5.32 Å². The van der Waals surface area contributed by atoms with E-state index in [4.69, 9.17) is 4.74 Å². The van der Waals surface area contributed by atoms with Crippen LogP contribution in [0.15, 0.2) is 0 Å². The summed E-state index contributed by atoms with van der Waals surface area (Å²) in [5.41, 5.74) is 0. The van der Waals surface area contributed by atoms with Crippen molar-refractivity contribution in [2.45, 2.75) is 51.5 Å². The number of nitrogens with one attached hydrogen (secondary N) is 1. The molecule has 1 N–H and O–H groups in total. The van der Waals surface area contributed by atoms with Crippen molar-refractivity contribution in [1.29, 1.82) is 0 Å². The van der Waals surface area contributed by atoms with Gasteiger partial charge in [0.1, 0.15) is 0 Å². The number of rotatable bonds is 6. The third-order valence-corrected chi connectivity index (χ3v) is 4.37. The Morgan fingerprint density at radius 3 is 2.62 bits per heavy atom. The molecule has 2 saturated carbocycles. The van der Waals surface area contributed by atoms with Crippen LogP contribution in [0.25, 0.3) is 0 Å². The highest BCUT2D eigenvalue weighted by molar-refractivity contribution is 4.85. The predicted molar refractivity (Wildman–Crippen MR) is 67.5 cm³/mol. The van der Waals surface area contributed by atoms with E-state index in [0.29, 0.717) is 0 Å². The molecule has 0 aromatic carbocycles. The highest BCUT2D eigenvalue weighted by atomic mass is 16.5. The molecule has 0 saturated heterocycles. The van der Waals surface area contributed by atoms with Crippen molar-refractivity contribution in [3.63, 3.8) is 0 Å². The predicted octanol–water partition coefficient (Wildman–Crippen LogP) is 2.83. The van der Waals surface area contributed by atoms with Gasteiger partial charge in [0.15, 0.2) is 0 Å². The van der Waals surface area contributed by atoms with E-state index < -0.39 is 0 Å². The molecule has 0 radical (unpaired) electrons. The highest BCUT2D eigenvalue weighted by Gasteiger charge is 2.30. The molecule has 16 heavy (non-hydrogen) atoms. The van der Waals surface area contributed by atoms with Gasteiger partial charge in [-0.2, -0.15) is 0 Å². The van der Waals surface area contributed by atoms with Crippen molar-refractivity contribution in [2.24, 2.45) is 17.8 Å². The van der Waals surface area contributed by atoms with Gasteiger partial charge in [-0.05, 0) is 50.0 Å². The van der Waals surface area contributed by atoms with Crippen LogP contribution in [0.4, 0.5) is 0 Å². The summed E-state index contributed by atoms with van der Waals surface area (Å²) in [5.74, 6) is 2.52. The Morgan fingerprint density at radius 2 is 1.94 bits per heavy atom. The Labute approximate surface area is 100 Å². The zero-order valence-electron chi connectivity index (χ0n) is 10.9. The van der Waals surface area contributed by atoms with E-state index in [-0.39, 0.29) is 0 Å². The van der Waals surface area contributed by atoms with Crippen molar-refractivity contribution in [3.8, 4) is 0 Å². The molecule has 2 heteroatoms. The van der Waals surface area contributed by atoms with Gasteiger partial charge >= 0.3 is 0 Å². The van der Waals surface area contributed by atoms with Gasteiger partial charge in [0.2, 0.25) is 0 Å². The molecule has 3 atom stereocenters. The minimum absolute atomic E-state index is 0.733. The maximum absolute atomic E-state index is 5.32. The van der Waals surface area contributed by atoms with Crippen molar-refractivity contribution < 1.29 is 4.74 Å². The fourth-order valence-corrected chi connectivity index (χ4v) is 3.23. The smallest absolute Gasteiger partial charge is 0.0490 e. The van der Waals surface area contributed by atoms with E-state index in [1.54, 1.807) is 0 Å². The maximum atomic E-state index is 5.32. The van der Waals surface area contributed by atoms with Crippen LogP contribution in [0.3, 0.4) is 0 Å². The number of methoxy groups -OCH3 is 1. The zero-order valence-corrected chi connectivity index (χ0v) is 10.9. The first-order valence-corrected chi connectivity index (χ1v) is 7.03. The summed E-state index contributed by atoms with van der Waals surface area (Å²) in [6.07, 6.45) is 8.53. The molecule has 2 rings (SSSR count). The van der Waals surface area contributed by atoms with E-state index in [0.717, 1.165) is 30.4 Å². The summed E-state index contributed by atoms with van der Waals surface area (Å²) in [4.78, 5) is 0. The van der Waals surface area contributed by atoms with Crippen molar-refractivity contribution in [1.82, 2.24) is 5.32 Å². The van der Waals surface area contributed by atoms with Gasteiger partial charge in [0.05, 0.1) is 0 Å². The summed E-state index contributed by atoms with van der Waals surface area (Å²) in [6.45, 7) is 4.55. The molecular formula is C14H27NO. The maximum Gasteiger partial charge on any atom is 0.0490 e. The van der Waals surface area contributed by atoms with Gasteiger partial charge < -0.3 is 10.1 Å². The van der Waals surface area contributed by atoms with E-state index in [9.17, 15) is 0 Å². The molecule has 0 aromatic heterocycles.